The summed E-state index contributed by atoms with van der Waals surface area (Å²) in [5.41, 5.74) is 9.52. The van der Waals surface area contributed by atoms with Crippen molar-refractivity contribution < 1.29 is 0 Å². The molecule has 0 saturated heterocycles. The molecule has 0 unspecified atom stereocenters. The van der Waals surface area contributed by atoms with Gasteiger partial charge >= 0.3 is 0 Å². The van der Waals surface area contributed by atoms with Gasteiger partial charge in [0, 0.05) is 0 Å². The molecule has 32 heavy (non-hydrogen) atoms. The molecule has 0 fully saturated rings. The second-order valence-corrected chi connectivity index (χ2v) is 12.4. The quantitative estimate of drug-likeness (QED) is 0.368. The lowest BCUT2D eigenvalue weighted by atomic mass is 9.65. The van der Waals surface area contributed by atoms with E-state index in [9.17, 15) is 0 Å². The molecule has 178 valence electrons. The predicted molar refractivity (Wildman–Crippen MR) is 145 cm³/mol. The Morgan fingerprint density at radius 1 is 0.406 bits per heavy atom. The molecule has 0 saturated carbocycles. The highest BCUT2D eigenvalue weighted by Gasteiger charge is 2.35. The van der Waals surface area contributed by atoms with E-state index < -0.39 is 0 Å². The van der Waals surface area contributed by atoms with E-state index in [0.29, 0.717) is 0 Å². The van der Waals surface area contributed by atoms with Gasteiger partial charge in [-0.25, -0.2) is 0 Å². The number of hydrogen-bond acceptors (Lipinski definition) is 0. The summed E-state index contributed by atoms with van der Waals surface area (Å²) in [5, 5.41) is 0. The van der Waals surface area contributed by atoms with Crippen LogP contribution in [0.5, 0.6) is 0 Å². The van der Waals surface area contributed by atoms with E-state index in [-0.39, 0.29) is 21.7 Å². The van der Waals surface area contributed by atoms with Crippen molar-refractivity contribution in [2.24, 2.45) is 0 Å². The Hall–Kier alpha value is -1.56. The van der Waals surface area contributed by atoms with Gasteiger partial charge in [0.1, 0.15) is 0 Å². The number of benzene rings is 2. The van der Waals surface area contributed by atoms with Crippen molar-refractivity contribution in [2.75, 3.05) is 0 Å². The van der Waals surface area contributed by atoms with Crippen LogP contribution < -0.4 is 0 Å². The van der Waals surface area contributed by atoms with Gasteiger partial charge < -0.3 is 0 Å². The van der Waals surface area contributed by atoms with Gasteiger partial charge in [-0.3, -0.25) is 0 Å². The summed E-state index contributed by atoms with van der Waals surface area (Å²) < 4.78 is 0. The van der Waals surface area contributed by atoms with Crippen molar-refractivity contribution in [3.8, 4) is 11.1 Å². The highest BCUT2D eigenvalue weighted by molar-refractivity contribution is 5.81. The maximum absolute atomic E-state index is 2.42. The van der Waals surface area contributed by atoms with E-state index in [4.69, 9.17) is 0 Å². The molecule has 0 aromatic heterocycles. The third-order valence-electron chi connectivity index (χ3n) is 8.83. The van der Waals surface area contributed by atoms with Gasteiger partial charge in [-0.05, 0) is 80.7 Å². The summed E-state index contributed by atoms with van der Waals surface area (Å²) in [5.74, 6) is 0. The summed E-state index contributed by atoms with van der Waals surface area (Å²) in [4.78, 5) is 0. The van der Waals surface area contributed by atoms with E-state index in [1.807, 2.05) is 0 Å². The summed E-state index contributed by atoms with van der Waals surface area (Å²) in [7, 11) is 0. The largest absolute Gasteiger partial charge is 0.0646 e. The summed E-state index contributed by atoms with van der Waals surface area (Å²) in [6, 6.07) is 14.3. The standard InChI is InChI=1S/C32H50/c1-13-29(5,6)23-19-17-20-24(30(7,8)14-2)27(23)28-25(31(9,10)15-3)21-18-22-26(28)32(11,12)16-4/h17-22H,13-16H2,1-12H3. The van der Waals surface area contributed by atoms with Crippen LogP contribution in [-0.4, -0.2) is 0 Å². The lowest BCUT2D eigenvalue weighted by Crippen LogP contribution is -2.27. The zero-order chi connectivity index (χ0) is 24.5. The molecule has 0 heterocycles. The first-order chi connectivity index (χ1) is 14.7. The molecule has 0 amide bonds. The van der Waals surface area contributed by atoms with E-state index in [2.05, 4.69) is 119 Å². The number of rotatable bonds is 9. The fourth-order valence-electron chi connectivity index (χ4n) is 4.66. The van der Waals surface area contributed by atoms with Gasteiger partial charge in [0.05, 0.1) is 0 Å². The molecule has 0 spiro atoms. The third kappa shape index (κ3) is 4.85. The normalized spacial score (nSPS) is 13.5. The average Bonchev–Trinajstić information content (AvgIpc) is 2.77. The Bertz CT molecular complexity index is 775. The first-order valence-corrected chi connectivity index (χ1v) is 13.0. The van der Waals surface area contributed by atoms with Gasteiger partial charge in [0.15, 0.2) is 0 Å². The molecule has 0 radical (unpaired) electrons. The van der Waals surface area contributed by atoms with Crippen LogP contribution in [0.15, 0.2) is 36.4 Å². The fourth-order valence-corrected chi connectivity index (χ4v) is 4.66. The summed E-state index contributed by atoms with van der Waals surface area (Å²) >= 11 is 0. The Labute approximate surface area is 200 Å². The topological polar surface area (TPSA) is 0 Å². The maximum Gasteiger partial charge on any atom is -0.00999 e. The van der Waals surface area contributed by atoms with Crippen LogP contribution >= 0.6 is 0 Å². The minimum absolute atomic E-state index is 0.117. The molecular weight excluding hydrogens is 384 g/mol. The van der Waals surface area contributed by atoms with Gasteiger partial charge in [0.25, 0.3) is 0 Å². The third-order valence-corrected chi connectivity index (χ3v) is 8.83. The predicted octanol–water partition coefficient (Wildman–Crippen LogP) is 10.1. The smallest absolute Gasteiger partial charge is 0.00999 e. The Morgan fingerprint density at radius 2 is 0.594 bits per heavy atom. The van der Waals surface area contributed by atoms with Crippen LogP contribution in [0.25, 0.3) is 11.1 Å². The molecule has 0 N–H and O–H groups in total. The van der Waals surface area contributed by atoms with Gasteiger partial charge in [-0.2, -0.15) is 0 Å². The van der Waals surface area contributed by atoms with Crippen molar-refractivity contribution in [3.63, 3.8) is 0 Å². The van der Waals surface area contributed by atoms with Crippen molar-refractivity contribution in [1.82, 2.24) is 0 Å². The molecular formula is C32H50. The molecule has 0 aliphatic carbocycles. The van der Waals surface area contributed by atoms with Crippen LogP contribution in [0.3, 0.4) is 0 Å². The van der Waals surface area contributed by atoms with Crippen LogP contribution in [0.4, 0.5) is 0 Å². The van der Waals surface area contributed by atoms with Crippen LogP contribution in [0.1, 0.15) is 131 Å². The van der Waals surface area contributed by atoms with Crippen LogP contribution in [-0.2, 0) is 21.7 Å². The zero-order valence-corrected chi connectivity index (χ0v) is 23.3. The minimum atomic E-state index is 0.117. The fraction of sp³-hybridized carbons (Fsp3) is 0.625. The summed E-state index contributed by atoms with van der Waals surface area (Å²) in [6.07, 6.45) is 4.51. The SMILES string of the molecule is CCC(C)(C)c1cccc(C(C)(C)CC)c1-c1c(C(C)(C)CC)cccc1C(C)(C)CC. The average molecular weight is 435 g/mol. The van der Waals surface area contributed by atoms with E-state index >= 15 is 0 Å². The first-order valence-electron chi connectivity index (χ1n) is 13.0. The van der Waals surface area contributed by atoms with E-state index in [1.54, 1.807) is 0 Å². The molecule has 0 aliphatic heterocycles. The lowest BCUT2D eigenvalue weighted by Gasteiger charge is -2.39. The van der Waals surface area contributed by atoms with Crippen LogP contribution in [0, 0.1) is 0 Å². The van der Waals surface area contributed by atoms with Gasteiger partial charge in [0.2, 0.25) is 0 Å². The highest BCUT2D eigenvalue weighted by atomic mass is 14.4. The first kappa shape index (κ1) is 26.7. The second kappa shape index (κ2) is 9.36. The van der Waals surface area contributed by atoms with E-state index in [0.717, 1.165) is 25.7 Å². The van der Waals surface area contributed by atoms with Crippen molar-refractivity contribution in [1.29, 1.82) is 0 Å². The van der Waals surface area contributed by atoms with Gasteiger partial charge in [-0.1, -0.05) is 119 Å². The van der Waals surface area contributed by atoms with Crippen LogP contribution in [0.2, 0.25) is 0 Å². The Kier molecular flexibility index (Phi) is 7.81. The molecule has 0 nitrogen and oxygen atoms in total. The van der Waals surface area contributed by atoms with Crippen molar-refractivity contribution >= 4 is 0 Å². The minimum Gasteiger partial charge on any atom is -0.0646 e. The molecule has 2 rings (SSSR count). The summed E-state index contributed by atoms with van der Waals surface area (Å²) in [6.45, 7) is 28.7. The van der Waals surface area contributed by atoms with Crippen molar-refractivity contribution in [3.05, 3.63) is 58.7 Å². The Balaban J connectivity index is 3.21. The lowest BCUT2D eigenvalue weighted by molar-refractivity contribution is 0.481. The molecule has 0 heteroatoms. The number of hydrogen-bond donors (Lipinski definition) is 0. The molecule has 0 aliphatic rings. The monoisotopic (exact) mass is 434 g/mol. The zero-order valence-electron chi connectivity index (χ0n) is 23.3. The van der Waals surface area contributed by atoms with Crippen molar-refractivity contribution in [2.45, 2.75) is 130 Å². The highest BCUT2D eigenvalue weighted by Crippen LogP contribution is 2.49. The molecule has 2 aromatic carbocycles. The van der Waals surface area contributed by atoms with E-state index in [1.165, 1.54) is 33.4 Å². The molecule has 0 atom stereocenters. The second-order valence-electron chi connectivity index (χ2n) is 12.4. The maximum atomic E-state index is 2.42. The molecule has 2 aromatic rings. The molecule has 0 bridgehead atoms. The Morgan fingerprint density at radius 3 is 0.750 bits per heavy atom. The van der Waals surface area contributed by atoms with Gasteiger partial charge in [-0.15, -0.1) is 0 Å².